The van der Waals surface area contributed by atoms with Gasteiger partial charge in [0.15, 0.2) is 5.13 Å². The number of nitrogens with zero attached hydrogens (tertiary/aromatic N) is 3. The molecule has 26 heavy (non-hydrogen) atoms. The van der Waals surface area contributed by atoms with Crippen LogP contribution in [0.15, 0.2) is 5.38 Å². The first-order valence-corrected chi connectivity index (χ1v) is 11.1. The van der Waals surface area contributed by atoms with Crippen molar-refractivity contribution in [3.8, 4) is 0 Å². The van der Waals surface area contributed by atoms with Gasteiger partial charge in [0.1, 0.15) is 5.78 Å². The van der Waals surface area contributed by atoms with Gasteiger partial charge in [-0.05, 0) is 51.9 Å². The van der Waals surface area contributed by atoms with E-state index in [9.17, 15) is 4.79 Å². The lowest BCUT2D eigenvalue weighted by Crippen LogP contribution is -2.37. The average Bonchev–Trinajstić information content (AvgIpc) is 3.28. The van der Waals surface area contributed by atoms with Crippen molar-refractivity contribution in [3.63, 3.8) is 0 Å². The van der Waals surface area contributed by atoms with Crippen LogP contribution < -0.4 is 5.32 Å². The Morgan fingerprint density at radius 1 is 1.35 bits per heavy atom. The summed E-state index contributed by atoms with van der Waals surface area (Å²) in [6.45, 7) is 12.6. The Labute approximate surface area is 163 Å². The van der Waals surface area contributed by atoms with Crippen molar-refractivity contribution in [3.05, 3.63) is 11.1 Å². The molecular weight excluding hydrogens is 344 g/mol. The summed E-state index contributed by atoms with van der Waals surface area (Å²) < 4.78 is 0. The molecule has 148 valence electrons. The van der Waals surface area contributed by atoms with E-state index in [1.54, 1.807) is 11.3 Å². The van der Waals surface area contributed by atoms with Crippen molar-refractivity contribution in [2.75, 3.05) is 38.0 Å². The fourth-order valence-corrected chi connectivity index (χ4v) is 5.00. The van der Waals surface area contributed by atoms with E-state index in [0.29, 0.717) is 11.8 Å². The van der Waals surface area contributed by atoms with Crippen LogP contribution >= 0.6 is 11.3 Å². The Bertz CT molecular complexity index is 586. The van der Waals surface area contributed by atoms with E-state index >= 15 is 0 Å². The number of likely N-dealkylation sites (tertiary alicyclic amines) is 2. The second-order valence-corrected chi connectivity index (χ2v) is 8.92. The SMILES string of the molecule is CCN1CCCC1CNc1nc(CN2CCC(C(=O)C(C)C)CC2)cs1.[HH]. The maximum atomic E-state index is 12.2. The number of carbonyl (C=O) groups excluding carboxylic acids is 1. The van der Waals surface area contributed by atoms with Gasteiger partial charge in [0, 0.05) is 37.8 Å². The number of carbonyl (C=O) groups is 1. The van der Waals surface area contributed by atoms with Crippen molar-refractivity contribution in [2.24, 2.45) is 11.8 Å². The zero-order chi connectivity index (χ0) is 18.5. The molecule has 2 fully saturated rings. The molecule has 6 heteroatoms. The molecule has 3 rings (SSSR count). The number of likely N-dealkylation sites (N-methyl/N-ethyl adjacent to an activating group) is 1. The summed E-state index contributed by atoms with van der Waals surface area (Å²) in [7, 11) is 0. The first-order valence-electron chi connectivity index (χ1n) is 10.2. The number of hydrogen-bond donors (Lipinski definition) is 1. The minimum atomic E-state index is 0. The molecule has 2 aliphatic rings. The zero-order valence-electron chi connectivity index (χ0n) is 16.5. The summed E-state index contributed by atoms with van der Waals surface area (Å²) in [5, 5.41) is 6.77. The molecule has 1 aromatic heterocycles. The molecule has 0 spiro atoms. The lowest BCUT2D eigenvalue weighted by molar-refractivity contribution is -0.127. The van der Waals surface area contributed by atoms with Gasteiger partial charge in [-0.25, -0.2) is 4.98 Å². The third-order valence-corrected chi connectivity index (χ3v) is 6.74. The Morgan fingerprint density at radius 3 is 2.81 bits per heavy atom. The Balaban J connectivity index is 0.00000261. The molecule has 1 atom stereocenters. The molecule has 0 bridgehead atoms. The second kappa shape index (κ2) is 9.29. The Kier molecular flexibility index (Phi) is 7.06. The standard InChI is InChI=1S/C20H34N4OS.H2/c1-4-24-9-5-6-18(24)12-21-20-22-17(14-26-20)13-23-10-7-16(8-11-23)19(25)15(2)3;/h14-16,18H,4-13H2,1-3H3,(H,21,22);1H. The van der Waals surface area contributed by atoms with Crippen molar-refractivity contribution in [2.45, 2.75) is 59.0 Å². The van der Waals surface area contributed by atoms with Crippen LogP contribution in [0.2, 0.25) is 0 Å². The molecule has 0 saturated carbocycles. The Hall–Kier alpha value is -0.980. The highest BCUT2D eigenvalue weighted by atomic mass is 32.1. The normalized spacial score (nSPS) is 23.0. The predicted molar refractivity (Wildman–Crippen MR) is 111 cm³/mol. The first kappa shape index (κ1) is 19.8. The second-order valence-electron chi connectivity index (χ2n) is 8.06. The molecule has 1 unspecified atom stereocenters. The van der Waals surface area contributed by atoms with E-state index in [2.05, 4.69) is 27.4 Å². The monoisotopic (exact) mass is 380 g/mol. The number of aromatic nitrogens is 1. The highest BCUT2D eigenvalue weighted by Crippen LogP contribution is 2.24. The van der Waals surface area contributed by atoms with Crippen LogP contribution in [0, 0.1) is 11.8 Å². The van der Waals surface area contributed by atoms with Crippen LogP contribution in [-0.4, -0.2) is 59.3 Å². The lowest BCUT2D eigenvalue weighted by atomic mass is 9.87. The van der Waals surface area contributed by atoms with Crippen LogP contribution in [0.25, 0.3) is 0 Å². The van der Waals surface area contributed by atoms with Gasteiger partial charge in [0.05, 0.1) is 5.69 Å². The van der Waals surface area contributed by atoms with E-state index < -0.39 is 0 Å². The van der Waals surface area contributed by atoms with Crippen LogP contribution in [0.5, 0.6) is 0 Å². The molecule has 3 heterocycles. The average molecular weight is 381 g/mol. The van der Waals surface area contributed by atoms with Crippen LogP contribution in [-0.2, 0) is 11.3 Å². The van der Waals surface area contributed by atoms with E-state index in [-0.39, 0.29) is 13.3 Å². The topological polar surface area (TPSA) is 48.5 Å². The van der Waals surface area contributed by atoms with Crippen LogP contribution in [0.4, 0.5) is 5.13 Å². The van der Waals surface area contributed by atoms with Crippen LogP contribution in [0.3, 0.4) is 0 Å². The smallest absolute Gasteiger partial charge is 0.182 e. The molecule has 0 aliphatic carbocycles. The van der Waals surface area contributed by atoms with Crippen molar-refractivity contribution in [1.82, 2.24) is 14.8 Å². The third-order valence-electron chi connectivity index (χ3n) is 5.89. The van der Waals surface area contributed by atoms with E-state index in [1.807, 2.05) is 13.8 Å². The number of nitrogens with one attached hydrogen (secondary N) is 1. The molecule has 0 aromatic carbocycles. The summed E-state index contributed by atoms with van der Waals surface area (Å²) >= 11 is 1.72. The van der Waals surface area contributed by atoms with Crippen LogP contribution in [0.1, 0.15) is 53.6 Å². The number of piperidine rings is 1. The fraction of sp³-hybridized carbons (Fsp3) is 0.800. The van der Waals surface area contributed by atoms with Gasteiger partial charge in [-0.1, -0.05) is 20.8 Å². The molecule has 0 amide bonds. The molecule has 1 aromatic rings. The summed E-state index contributed by atoms with van der Waals surface area (Å²) in [6, 6.07) is 0.657. The third kappa shape index (κ3) is 5.05. The van der Waals surface area contributed by atoms with E-state index in [1.165, 1.54) is 19.4 Å². The van der Waals surface area contributed by atoms with Gasteiger partial charge >= 0.3 is 0 Å². The highest BCUT2D eigenvalue weighted by molar-refractivity contribution is 7.13. The maximum absolute atomic E-state index is 12.2. The number of hydrogen-bond acceptors (Lipinski definition) is 6. The van der Waals surface area contributed by atoms with Gasteiger partial charge in [0.25, 0.3) is 0 Å². The zero-order valence-corrected chi connectivity index (χ0v) is 17.4. The van der Waals surface area contributed by atoms with E-state index in [0.717, 1.165) is 56.4 Å². The molecule has 2 saturated heterocycles. The molecule has 0 radical (unpaired) electrons. The number of thiazole rings is 1. The van der Waals surface area contributed by atoms with Gasteiger partial charge in [-0.3, -0.25) is 14.6 Å². The van der Waals surface area contributed by atoms with Gasteiger partial charge in [-0.15, -0.1) is 11.3 Å². The largest absolute Gasteiger partial charge is 0.360 e. The summed E-state index contributed by atoms with van der Waals surface area (Å²) in [5.41, 5.74) is 1.16. The molecular formula is C20H36N4OS. The predicted octanol–water partition coefficient (Wildman–Crippen LogP) is 3.72. The van der Waals surface area contributed by atoms with Gasteiger partial charge < -0.3 is 5.32 Å². The molecule has 2 aliphatic heterocycles. The fourth-order valence-electron chi connectivity index (χ4n) is 4.28. The molecule has 1 N–H and O–H groups in total. The summed E-state index contributed by atoms with van der Waals surface area (Å²) in [5.74, 6) is 0.881. The van der Waals surface area contributed by atoms with Gasteiger partial charge in [0.2, 0.25) is 0 Å². The van der Waals surface area contributed by atoms with Crippen molar-refractivity contribution < 1.29 is 6.22 Å². The minimum absolute atomic E-state index is 0. The first-order chi connectivity index (χ1) is 12.6. The summed E-state index contributed by atoms with van der Waals surface area (Å²) in [4.78, 5) is 21.9. The summed E-state index contributed by atoms with van der Waals surface area (Å²) in [6.07, 6.45) is 4.61. The lowest BCUT2D eigenvalue weighted by Gasteiger charge is -2.31. The quantitative estimate of drug-likeness (QED) is 0.745. The minimum Gasteiger partial charge on any atom is -0.360 e. The van der Waals surface area contributed by atoms with E-state index in [4.69, 9.17) is 4.98 Å². The Morgan fingerprint density at radius 2 is 2.12 bits per heavy atom. The highest BCUT2D eigenvalue weighted by Gasteiger charge is 2.27. The number of ketones is 1. The number of Topliss-reactive ketones (excluding diaryl/α,β-unsaturated/α-hetero) is 1. The number of anilines is 1. The van der Waals surface area contributed by atoms with Crippen molar-refractivity contribution in [1.29, 1.82) is 0 Å². The molecule has 5 nitrogen and oxygen atoms in total. The van der Waals surface area contributed by atoms with Gasteiger partial charge in [-0.2, -0.15) is 0 Å². The van der Waals surface area contributed by atoms with Crippen molar-refractivity contribution >= 4 is 22.3 Å². The maximum Gasteiger partial charge on any atom is 0.182 e. The number of rotatable bonds is 8.